The number of benzene rings is 2. The van der Waals surface area contributed by atoms with Crippen LogP contribution < -0.4 is 0 Å². The van der Waals surface area contributed by atoms with Crippen molar-refractivity contribution in [1.82, 2.24) is 9.78 Å². The first kappa shape index (κ1) is 17.9. The van der Waals surface area contributed by atoms with Crippen molar-refractivity contribution in [3.8, 4) is 16.9 Å². The fourth-order valence-corrected chi connectivity index (χ4v) is 2.81. The Kier molecular flexibility index (Phi) is 5.49. The lowest BCUT2D eigenvalue weighted by molar-refractivity contribution is 0.0519. The molecule has 0 spiro atoms. The average Bonchev–Trinajstić information content (AvgIpc) is 3.08. The van der Waals surface area contributed by atoms with Crippen LogP contribution in [0.2, 0.25) is 5.02 Å². The van der Waals surface area contributed by atoms with E-state index in [-0.39, 0.29) is 5.69 Å². The van der Waals surface area contributed by atoms with Crippen LogP contribution in [-0.2, 0) is 4.74 Å². The summed E-state index contributed by atoms with van der Waals surface area (Å²) < 4.78 is 6.79. The highest BCUT2D eigenvalue weighted by molar-refractivity contribution is 6.30. The molecule has 6 heteroatoms. The summed E-state index contributed by atoms with van der Waals surface area (Å²) in [5.74, 6) is -0.458. The van der Waals surface area contributed by atoms with E-state index in [0.717, 1.165) is 22.5 Å². The van der Waals surface area contributed by atoms with E-state index in [4.69, 9.17) is 16.3 Å². The predicted molar refractivity (Wildman–Crippen MR) is 103 cm³/mol. The van der Waals surface area contributed by atoms with Crippen LogP contribution in [0.3, 0.4) is 0 Å². The minimum absolute atomic E-state index is 0.247. The Labute approximate surface area is 156 Å². The third-order valence-corrected chi connectivity index (χ3v) is 3.94. The van der Waals surface area contributed by atoms with Crippen LogP contribution in [-0.4, -0.2) is 35.6 Å². The Balaban J connectivity index is 2.16. The number of ether oxygens (including phenoxy) is 1. The summed E-state index contributed by atoms with van der Waals surface area (Å²) in [4.78, 5) is 16.2. The highest BCUT2D eigenvalue weighted by Crippen LogP contribution is 2.26. The van der Waals surface area contributed by atoms with Crippen LogP contribution in [0.15, 0.2) is 59.6 Å². The van der Waals surface area contributed by atoms with Gasteiger partial charge in [0.05, 0.1) is 18.0 Å². The summed E-state index contributed by atoms with van der Waals surface area (Å²) in [6.45, 7) is 2.06. The zero-order valence-corrected chi connectivity index (χ0v) is 15.3. The molecule has 0 saturated carbocycles. The molecule has 1 aromatic heterocycles. The molecule has 0 unspecified atom stereocenters. The van der Waals surface area contributed by atoms with E-state index in [1.807, 2.05) is 36.4 Å². The van der Waals surface area contributed by atoms with Gasteiger partial charge in [-0.05, 0) is 42.8 Å². The topological polar surface area (TPSA) is 56.5 Å². The average molecular weight is 368 g/mol. The number of aromatic nitrogens is 2. The molecule has 0 amide bonds. The number of nitrogens with zero attached hydrogens (tertiary/aromatic N) is 3. The molecule has 0 saturated heterocycles. The van der Waals surface area contributed by atoms with Crippen molar-refractivity contribution in [2.75, 3.05) is 13.7 Å². The van der Waals surface area contributed by atoms with Crippen molar-refractivity contribution in [2.45, 2.75) is 6.92 Å². The number of carbonyl (C=O) groups is 1. The summed E-state index contributed by atoms with van der Waals surface area (Å²) in [7, 11) is 1.72. The summed E-state index contributed by atoms with van der Waals surface area (Å²) in [5.41, 5.74) is 3.64. The van der Waals surface area contributed by atoms with Crippen LogP contribution in [0.4, 0.5) is 0 Å². The number of esters is 1. The minimum Gasteiger partial charge on any atom is -0.461 e. The van der Waals surface area contributed by atoms with Crippen molar-refractivity contribution in [1.29, 1.82) is 0 Å². The maximum absolute atomic E-state index is 12.2. The molecule has 132 valence electrons. The van der Waals surface area contributed by atoms with Gasteiger partial charge in [-0.3, -0.25) is 4.99 Å². The van der Waals surface area contributed by atoms with Crippen molar-refractivity contribution >= 4 is 23.8 Å². The molecule has 2 aromatic carbocycles. The van der Waals surface area contributed by atoms with Gasteiger partial charge in [0.15, 0.2) is 5.69 Å². The number of hydrogen-bond acceptors (Lipinski definition) is 4. The van der Waals surface area contributed by atoms with E-state index < -0.39 is 5.97 Å². The summed E-state index contributed by atoms with van der Waals surface area (Å²) in [6, 6.07) is 16.9. The monoisotopic (exact) mass is 367 g/mol. The van der Waals surface area contributed by atoms with Crippen LogP contribution >= 0.6 is 11.6 Å². The van der Waals surface area contributed by atoms with Gasteiger partial charge in [0.1, 0.15) is 0 Å². The highest BCUT2D eigenvalue weighted by atomic mass is 35.5. The maximum Gasteiger partial charge on any atom is 0.358 e. The summed E-state index contributed by atoms with van der Waals surface area (Å²) >= 11 is 6.13. The number of hydrogen-bond donors (Lipinski definition) is 0. The minimum atomic E-state index is -0.458. The van der Waals surface area contributed by atoms with Crippen LogP contribution in [0.25, 0.3) is 16.9 Å². The number of carbonyl (C=O) groups excluding carboxylic acids is 1. The van der Waals surface area contributed by atoms with Gasteiger partial charge in [0.25, 0.3) is 0 Å². The Morgan fingerprint density at radius 3 is 2.77 bits per heavy atom. The lowest BCUT2D eigenvalue weighted by Crippen LogP contribution is -2.06. The molecule has 0 bridgehead atoms. The molecule has 0 atom stereocenters. The van der Waals surface area contributed by atoms with Gasteiger partial charge < -0.3 is 4.74 Å². The van der Waals surface area contributed by atoms with Crippen LogP contribution in [0.1, 0.15) is 23.0 Å². The van der Waals surface area contributed by atoms with Gasteiger partial charge in [0.2, 0.25) is 0 Å². The highest BCUT2D eigenvalue weighted by Gasteiger charge is 2.18. The molecule has 26 heavy (non-hydrogen) atoms. The third-order valence-electron chi connectivity index (χ3n) is 3.71. The molecule has 0 aliphatic rings. The van der Waals surface area contributed by atoms with E-state index in [2.05, 4.69) is 10.1 Å². The molecule has 5 nitrogen and oxygen atoms in total. The molecular formula is C20H18ClN3O2. The molecule has 3 aromatic rings. The van der Waals surface area contributed by atoms with Gasteiger partial charge in [-0.2, -0.15) is 5.10 Å². The third kappa shape index (κ3) is 3.83. The smallest absolute Gasteiger partial charge is 0.358 e. The Morgan fingerprint density at radius 2 is 2.04 bits per heavy atom. The van der Waals surface area contributed by atoms with Gasteiger partial charge in [-0.25, -0.2) is 9.48 Å². The van der Waals surface area contributed by atoms with E-state index >= 15 is 0 Å². The number of aliphatic imine (C=N–C) groups is 1. The van der Waals surface area contributed by atoms with Gasteiger partial charge in [0, 0.05) is 23.8 Å². The second kappa shape index (κ2) is 7.97. The van der Waals surface area contributed by atoms with Crippen LogP contribution in [0.5, 0.6) is 0 Å². The van der Waals surface area contributed by atoms with Crippen molar-refractivity contribution in [2.24, 2.45) is 4.99 Å². The molecule has 1 heterocycles. The molecule has 0 aliphatic carbocycles. The van der Waals surface area contributed by atoms with E-state index in [1.54, 1.807) is 43.1 Å². The second-order valence-corrected chi connectivity index (χ2v) is 5.98. The molecule has 3 rings (SSSR count). The fourth-order valence-electron chi connectivity index (χ4n) is 2.62. The maximum atomic E-state index is 12.2. The van der Waals surface area contributed by atoms with E-state index in [9.17, 15) is 4.79 Å². The lowest BCUT2D eigenvalue weighted by Gasteiger charge is -2.08. The Hall–Kier alpha value is -2.92. The van der Waals surface area contributed by atoms with E-state index in [0.29, 0.717) is 11.6 Å². The molecule has 0 aliphatic heterocycles. The predicted octanol–water partition coefficient (Wildman–Crippen LogP) is 4.42. The second-order valence-electron chi connectivity index (χ2n) is 5.54. The molecular weight excluding hydrogens is 350 g/mol. The van der Waals surface area contributed by atoms with Crippen molar-refractivity contribution < 1.29 is 9.53 Å². The van der Waals surface area contributed by atoms with Gasteiger partial charge in [-0.1, -0.05) is 35.9 Å². The first-order valence-corrected chi connectivity index (χ1v) is 8.56. The largest absolute Gasteiger partial charge is 0.461 e. The summed E-state index contributed by atoms with van der Waals surface area (Å²) in [6.07, 6.45) is 1.77. The molecule has 0 fully saturated rings. The molecule has 0 radical (unpaired) electrons. The van der Waals surface area contributed by atoms with Crippen molar-refractivity contribution in [3.05, 3.63) is 70.9 Å². The van der Waals surface area contributed by atoms with Gasteiger partial charge in [-0.15, -0.1) is 0 Å². The van der Waals surface area contributed by atoms with Crippen LogP contribution in [0, 0.1) is 0 Å². The quantitative estimate of drug-likeness (QED) is 0.495. The zero-order chi connectivity index (χ0) is 18.5. The standard InChI is InChI=1S/C20H18ClN3O2/c1-3-26-20(25)18-12-19(15-7-4-6-14(10-15)13-22-2)24(23-18)17-9-5-8-16(21)11-17/h4-13H,3H2,1-2H3. The lowest BCUT2D eigenvalue weighted by atomic mass is 10.1. The molecule has 0 N–H and O–H groups in total. The zero-order valence-electron chi connectivity index (χ0n) is 14.5. The summed E-state index contributed by atoms with van der Waals surface area (Å²) in [5, 5.41) is 5.03. The Bertz CT molecular complexity index is 963. The SMILES string of the molecule is CCOC(=O)c1cc(-c2cccc(C=NC)c2)n(-c2cccc(Cl)c2)n1. The Morgan fingerprint density at radius 1 is 1.23 bits per heavy atom. The van der Waals surface area contributed by atoms with Crippen molar-refractivity contribution in [3.63, 3.8) is 0 Å². The van der Waals surface area contributed by atoms with E-state index in [1.165, 1.54) is 0 Å². The first-order valence-electron chi connectivity index (χ1n) is 8.18. The number of rotatable bonds is 5. The number of halogens is 1. The first-order chi connectivity index (χ1) is 12.6. The fraction of sp³-hybridized carbons (Fsp3) is 0.150. The van der Waals surface area contributed by atoms with Gasteiger partial charge >= 0.3 is 5.97 Å². The normalized spacial score (nSPS) is 11.0.